The third kappa shape index (κ3) is 4.11. The van der Waals surface area contributed by atoms with Crippen molar-refractivity contribution in [2.45, 2.75) is 31.1 Å². The van der Waals surface area contributed by atoms with Gasteiger partial charge in [-0.05, 0) is 47.6 Å². The molecule has 2 aromatic carbocycles. The molecule has 0 aliphatic heterocycles. The molecular formula is C18H21NOS. The lowest BCUT2D eigenvalue weighted by molar-refractivity contribution is 0.102. The van der Waals surface area contributed by atoms with Crippen molar-refractivity contribution >= 4 is 23.4 Å². The Morgan fingerprint density at radius 2 is 1.71 bits per heavy atom. The molecule has 110 valence electrons. The second kappa shape index (κ2) is 6.35. The molecular weight excluding hydrogens is 278 g/mol. The minimum Gasteiger partial charge on any atom is -0.322 e. The molecule has 0 aliphatic carbocycles. The lowest BCUT2D eigenvalue weighted by atomic mass is 9.87. The summed E-state index contributed by atoms with van der Waals surface area (Å²) >= 11 is 1.66. The van der Waals surface area contributed by atoms with E-state index in [9.17, 15) is 4.79 Å². The van der Waals surface area contributed by atoms with Gasteiger partial charge in [0.1, 0.15) is 0 Å². The highest BCUT2D eigenvalue weighted by molar-refractivity contribution is 7.98. The zero-order chi connectivity index (χ0) is 15.5. The normalized spacial score (nSPS) is 11.2. The molecule has 1 amide bonds. The number of hydrogen-bond donors (Lipinski definition) is 1. The smallest absolute Gasteiger partial charge is 0.255 e. The molecule has 0 bridgehead atoms. The number of benzene rings is 2. The fourth-order valence-corrected chi connectivity index (χ4v) is 2.49. The summed E-state index contributed by atoms with van der Waals surface area (Å²) in [6.45, 7) is 6.49. The van der Waals surface area contributed by atoms with E-state index in [1.165, 1.54) is 5.56 Å². The monoisotopic (exact) mass is 299 g/mol. The second-order valence-corrected chi connectivity index (χ2v) is 6.89. The topological polar surface area (TPSA) is 29.1 Å². The van der Waals surface area contributed by atoms with E-state index in [2.05, 4.69) is 26.1 Å². The zero-order valence-electron chi connectivity index (χ0n) is 12.9. The van der Waals surface area contributed by atoms with Gasteiger partial charge in [-0.1, -0.05) is 39.0 Å². The molecule has 0 radical (unpaired) electrons. The summed E-state index contributed by atoms with van der Waals surface area (Å²) in [7, 11) is 0. The van der Waals surface area contributed by atoms with Crippen LogP contribution >= 0.6 is 11.8 Å². The summed E-state index contributed by atoms with van der Waals surface area (Å²) in [5.74, 6) is -0.0753. The van der Waals surface area contributed by atoms with Gasteiger partial charge in [-0.25, -0.2) is 0 Å². The molecule has 0 saturated heterocycles. The molecule has 0 unspecified atom stereocenters. The Balaban J connectivity index is 2.13. The number of anilines is 1. The molecule has 0 aromatic heterocycles. The van der Waals surface area contributed by atoms with Gasteiger partial charge in [-0.2, -0.15) is 0 Å². The van der Waals surface area contributed by atoms with Gasteiger partial charge >= 0.3 is 0 Å². The highest BCUT2D eigenvalue weighted by Crippen LogP contribution is 2.23. The van der Waals surface area contributed by atoms with Crippen molar-refractivity contribution in [1.29, 1.82) is 0 Å². The first kappa shape index (κ1) is 15.6. The Kier molecular flexibility index (Phi) is 4.73. The molecule has 0 spiro atoms. The number of nitrogens with one attached hydrogen (secondary N) is 1. The van der Waals surface area contributed by atoms with Gasteiger partial charge in [-0.15, -0.1) is 11.8 Å². The van der Waals surface area contributed by atoms with Gasteiger partial charge in [0.05, 0.1) is 0 Å². The third-order valence-corrected chi connectivity index (χ3v) is 4.07. The maximum absolute atomic E-state index is 12.3. The highest BCUT2D eigenvalue weighted by Gasteiger charge is 2.14. The van der Waals surface area contributed by atoms with E-state index < -0.39 is 0 Å². The zero-order valence-corrected chi connectivity index (χ0v) is 13.8. The summed E-state index contributed by atoms with van der Waals surface area (Å²) in [6.07, 6.45) is 2.02. The summed E-state index contributed by atoms with van der Waals surface area (Å²) in [4.78, 5) is 13.4. The highest BCUT2D eigenvalue weighted by atomic mass is 32.2. The average Bonchev–Trinajstić information content (AvgIpc) is 2.46. The van der Waals surface area contributed by atoms with Crippen LogP contribution in [0.3, 0.4) is 0 Å². The van der Waals surface area contributed by atoms with Crippen LogP contribution in [0.25, 0.3) is 0 Å². The standard InChI is InChI=1S/C18H21NOS/c1-18(2,3)14-10-8-13(9-11-14)17(20)19-15-6-5-7-16(12-15)21-4/h5-12H,1-4H3,(H,19,20). The second-order valence-electron chi connectivity index (χ2n) is 6.01. The van der Waals surface area contributed by atoms with Gasteiger partial charge in [0.2, 0.25) is 0 Å². The van der Waals surface area contributed by atoms with E-state index in [1.807, 2.05) is 54.8 Å². The number of thioether (sulfide) groups is 1. The van der Waals surface area contributed by atoms with E-state index in [0.717, 1.165) is 10.6 Å². The van der Waals surface area contributed by atoms with Crippen LogP contribution in [0.4, 0.5) is 5.69 Å². The molecule has 3 heteroatoms. The van der Waals surface area contributed by atoms with Crippen molar-refractivity contribution in [2.24, 2.45) is 0 Å². The lowest BCUT2D eigenvalue weighted by Crippen LogP contribution is -2.14. The predicted molar refractivity (Wildman–Crippen MR) is 91.3 cm³/mol. The lowest BCUT2D eigenvalue weighted by Gasteiger charge is -2.19. The SMILES string of the molecule is CSc1cccc(NC(=O)c2ccc(C(C)(C)C)cc2)c1. The van der Waals surface area contributed by atoms with Crippen LogP contribution in [0.5, 0.6) is 0 Å². The van der Waals surface area contributed by atoms with Gasteiger partial charge in [0.25, 0.3) is 5.91 Å². The van der Waals surface area contributed by atoms with Crippen molar-refractivity contribution in [2.75, 3.05) is 11.6 Å². The molecule has 0 saturated carbocycles. The van der Waals surface area contributed by atoms with Gasteiger partial charge in [-0.3, -0.25) is 4.79 Å². The van der Waals surface area contributed by atoms with E-state index >= 15 is 0 Å². The third-order valence-electron chi connectivity index (χ3n) is 3.34. The summed E-state index contributed by atoms with van der Waals surface area (Å²) in [6, 6.07) is 15.7. The first-order valence-electron chi connectivity index (χ1n) is 6.96. The van der Waals surface area contributed by atoms with Gasteiger partial charge in [0, 0.05) is 16.1 Å². The Morgan fingerprint density at radius 1 is 1.05 bits per heavy atom. The van der Waals surface area contributed by atoms with E-state index in [0.29, 0.717) is 5.56 Å². The summed E-state index contributed by atoms with van der Waals surface area (Å²) < 4.78 is 0. The number of amides is 1. The maximum atomic E-state index is 12.3. The first-order valence-corrected chi connectivity index (χ1v) is 8.18. The Bertz CT molecular complexity index is 626. The van der Waals surface area contributed by atoms with Crippen molar-refractivity contribution in [3.8, 4) is 0 Å². The molecule has 2 rings (SSSR count). The quantitative estimate of drug-likeness (QED) is 0.812. The van der Waals surface area contributed by atoms with Crippen LogP contribution < -0.4 is 5.32 Å². The minimum absolute atomic E-state index is 0.0753. The average molecular weight is 299 g/mol. The number of hydrogen-bond acceptors (Lipinski definition) is 2. The van der Waals surface area contributed by atoms with E-state index in [4.69, 9.17) is 0 Å². The molecule has 21 heavy (non-hydrogen) atoms. The predicted octanol–water partition coefficient (Wildman–Crippen LogP) is 4.96. The molecule has 2 nitrogen and oxygen atoms in total. The van der Waals surface area contributed by atoms with E-state index in [-0.39, 0.29) is 11.3 Å². The van der Waals surface area contributed by atoms with Crippen LogP contribution in [0.1, 0.15) is 36.7 Å². The molecule has 0 fully saturated rings. The molecule has 0 heterocycles. The fraction of sp³-hybridized carbons (Fsp3) is 0.278. The molecule has 2 aromatic rings. The van der Waals surface area contributed by atoms with Crippen molar-refractivity contribution < 1.29 is 4.79 Å². The maximum Gasteiger partial charge on any atom is 0.255 e. The number of carbonyl (C=O) groups is 1. The van der Waals surface area contributed by atoms with Crippen molar-refractivity contribution in [3.05, 3.63) is 59.7 Å². The fourth-order valence-electron chi connectivity index (χ4n) is 2.03. The van der Waals surface area contributed by atoms with Crippen molar-refractivity contribution in [3.63, 3.8) is 0 Å². The van der Waals surface area contributed by atoms with Gasteiger partial charge < -0.3 is 5.32 Å². The van der Waals surface area contributed by atoms with Crippen molar-refractivity contribution in [1.82, 2.24) is 0 Å². The Morgan fingerprint density at radius 3 is 2.29 bits per heavy atom. The van der Waals surface area contributed by atoms with Crippen LogP contribution in [0.15, 0.2) is 53.4 Å². The van der Waals surface area contributed by atoms with Crippen LogP contribution in [-0.2, 0) is 5.41 Å². The van der Waals surface area contributed by atoms with Crippen LogP contribution in [0.2, 0.25) is 0 Å². The number of carbonyl (C=O) groups excluding carboxylic acids is 1. The Labute approximate surface area is 131 Å². The summed E-state index contributed by atoms with van der Waals surface area (Å²) in [5.41, 5.74) is 2.83. The first-order chi connectivity index (χ1) is 9.90. The molecule has 0 atom stereocenters. The molecule has 1 N–H and O–H groups in total. The number of rotatable bonds is 3. The van der Waals surface area contributed by atoms with Crippen LogP contribution in [0, 0.1) is 0 Å². The Hall–Kier alpha value is -1.74. The minimum atomic E-state index is -0.0753. The van der Waals surface area contributed by atoms with E-state index in [1.54, 1.807) is 11.8 Å². The molecule has 0 aliphatic rings. The largest absolute Gasteiger partial charge is 0.322 e. The van der Waals surface area contributed by atoms with Crippen LogP contribution in [-0.4, -0.2) is 12.2 Å². The van der Waals surface area contributed by atoms with Gasteiger partial charge in [0.15, 0.2) is 0 Å². The summed E-state index contributed by atoms with van der Waals surface area (Å²) in [5, 5.41) is 2.94.